The highest BCUT2D eigenvalue weighted by Gasteiger charge is 2.30. The second kappa shape index (κ2) is 15.4. The fourth-order valence-corrected chi connectivity index (χ4v) is 5.01. The van der Waals surface area contributed by atoms with Gasteiger partial charge in [-0.15, -0.1) is 0 Å². The number of rotatable bonds is 13. The van der Waals surface area contributed by atoms with E-state index in [9.17, 15) is 9.59 Å². The molecule has 1 aliphatic heterocycles. The number of carbonyl (C=O) groups excluding carboxylic acids is 2. The Bertz CT molecular complexity index is 1270. The van der Waals surface area contributed by atoms with E-state index in [4.69, 9.17) is 25.8 Å². The predicted molar refractivity (Wildman–Crippen MR) is 159 cm³/mol. The Hall–Kier alpha value is -3.59. The van der Waals surface area contributed by atoms with E-state index in [1.165, 1.54) is 0 Å². The summed E-state index contributed by atoms with van der Waals surface area (Å²) in [7, 11) is 3.13. The normalized spacial score (nSPS) is 14.2. The maximum Gasteiger partial charge on any atom is 0.243 e. The zero-order valence-corrected chi connectivity index (χ0v) is 24.4. The third-order valence-corrected chi connectivity index (χ3v) is 7.42. The molecule has 0 aromatic heterocycles. The van der Waals surface area contributed by atoms with Crippen molar-refractivity contribution in [2.24, 2.45) is 0 Å². The Morgan fingerprint density at radius 1 is 0.927 bits per heavy atom. The Morgan fingerprint density at radius 2 is 1.61 bits per heavy atom. The molecule has 0 aliphatic carbocycles. The van der Waals surface area contributed by atoms with Crippen LogP contribution in [0.5, 0.6) is 11.5 Å². The SMILES string of the molecule is COc1ccc(CC(=O)N(Cc2ccc(Cl)cc2)[C@@H](Cc2ccccc2)C(=O)NCCN2CCOCC2)cc1OC. The Balaban J connectivity index is 1.60. The van der Waals surface area contributed by atoms with Gasteiger partial charge in [-0.2, -0.15) is 0 Å². The van der Waals surface area contributed by atoms with Gasteiger partial charge in [0.2, 0.25) is 11.8 Å². The number of methoxy groups -OCH3 is 2. The monoisotopic (exact) mass is 579 g/mol. The summed E-state index contributed by atoms with van der Waals surface area (Å²) in [5, 5.41) is 3.71. The van der Waals surface area contributed by atoms with E-state index < -0.39 is 6.04 Å². The number of halogens is 1. The topological polar surface area (TPSA) is 80.3 Å². The van der Waals surface area contributed by atoms with Gasteiger partial charge in [0.25, 0.3) is 0 Å². The molecule has 41 heavy (non-hydrogen) atoms. The van der Waals surface area contributed by atoms with Crippen LogP contribution < -0.4 is 14.8 Å². The van der Waals surface area contributed by atoms with Crippen LogP contribution in [0.1, 0.15) is 16.7 Å². The highest BCUT2D eigenvalue weighted by atomic mass is 35.5. The molecule has 1 aliphatic rings. The molecule has 0 saturated carbocycles. The molecule has 1 heterocycles. The average molecular weight is 580 g/mol. The van der Waals surface area contributed by atoms with Crippen molar-refractivity contribution in [2.75, 3.05) is 53.6 Å². The number of nitrogens with zero attached hydrogens (tertiary/aromatic N) is 2. The standard InChI is InChI=1S/C32H38ClN3O5/c1-39-29-13-10-26(21-30(29)40-2)22-31(37)36(23-25-8-11-27(33)12-9-25)28(20-24-6-4-3-5-7-24)32(38)34-14-15-35-16-18-41-19-17-35/h3-13,21,28H,14-20,22-23H2,1-2H3,(H,34,38)/t28-/m0/s1. The molecule has 0 unspecified atom stereocenters. The zero-order valence-electron chi connectivity index (χ0n) is 23.7. The molecular weight excluding hydrogens is 542 g/mol. The van der Waals surface area contributed by atoms with Crippen LogP contribution >= 0.6 is 11.6 Å². The van der Waals surface area contributed by atoms with Crippen LogP contribution in [0.4, 0.5) is 0 Å². The number of benzene rings is 3. The molecule has 2 amide bonds. The van der Waals surface area contributed by atoms with E-state index in [0.717, 1.165) is 36.3 Å². The van der Waals surface area contributed by atoms with Gasteiger partial charge >= 0.3 is 0 Å². The summed E-state index contributed by atoms with van der Waals surface area (Å²) in [6.07, 6.45) is 0.482. The maximum absolute atomic E-state index is 14.0. The first-order chi connectivity index (χ1) is 20.0. The lowest BCUT2D eigenvalue weighted by Gasteiger charge is -2.32. The highest BCUT2D eigenvalue weighted by molar-refractivity contribution is 6.30. The Kier molecular flexibility index (Phi) is 11.4. The van der Waals surface area contributed by atoms with Crippen molar-refractivity contribution in [2.45, 2.75) is 25.4 Å². The average Bonchev–Trinajstić information content (AvgIpc) is 3.00. The van der Waals surface area contributed by atoms with Gasteiger partial charge < -0.3 is 24.4 Å². The number of ether oxygens (including phenoxy) is 3. The third kappa shape index (κ3) is 8.95. The van der Waals surface area contributed by atoms with Crippen LogP contribution in [-0.2, 0) is 33.7 Å². The van der Waals surface area contributed by atoms with Crippen LogP contribution in [0.2, 0.25) is 5.02 Å². The summed E-state index contributed by atoms with van der Waals surface area (Å²) >= 11 is 6.13. The lowest BCUT2D eigenvalue weighted by Crippen LogP contribution is -2.52. The molecule has 0 bridgehead atoms. The second-order valence-electron chi connectivity index (χ2n) is 9.96. The molecule has 1 saturated heterocycles. The van der Waals surface area contributed by atoms with E-state index in [1.807, 2.05) is 48.5 Å². The minimum atomic E-state index is -0.717. The quantitative estimate of drug-likeness (QED) is 0.330. The third-order valence-electron chi connectivity index (χ3n) is 7.17. The number of hydrogen-bond donors (Lipinski definition) is 1. The first kappa shape index (κ1) is 30.4. The van der Waals surface area contributed by atoms with Crippen LogP contribution in [0.3, 0.4) is 0 Å². The van der Waals surface area contributed by atoms with Crippen molar-refractivity contribution in [1.29, 1.82) is 0 Å². The molecule has 8 nitrogen and oxygen atoms in total. The molecule has 1 atom stereocenters. The van der Waals surface area contributed by atoms with Crippen molar-refractivity contribution in [3.8, 4) is 11.5 Å². The largest absolute Gasteiger partial charge is 0.493 e. The summed E-state index contributed by atoms with van der Waals surface area (Å²) in [6, 6.07) is 21.8. The summed E-state index contributed by atoms with van der Waals surface area (Å²) in [5.74, 6) is 0.778. The molecule has 4 rings (SSSR count). The Labute approximate surface area is 247 Å². The minimum absolute atomic E-state index is 0.0975. The maximum atomic E-state index is 14.0. The summed E-state index contributed by atoms with van der Waals surface area (Å²) in [6.45, 7) is 4.56. The molecule has 0 spiro atoms. The molecule has 0 radical (unpaired) electrons. The number of carbonyl (C=O) groups is 2. The smallest absolute Gasteiger partial charge is 0.243 e. The van der Waals surface area contributed by atoms with Gasteiger partial charge in [-0.1, -0.05) is 60.1 Å². The second-order valence-corrected chi connectivity index (χ2v) is 10.4. The molecular formula is C32H38ClN3O5. The molecule has 218 valence electrons. The van der Waals surface area contributed by atoms with Gasteiger partial charge in [0.15, 0.2) is 11.5 Å². The first-order valence-electron chi connectivity index (χ1n) is 13.8. The summed E-state index contributed by atoms with van der Waals surface area (Å²) in [4.78, 5) is 31.8. The van der Waals surface area contributed by atoms with Crippen LogP contribution in [-0.4, -0.2) is 81.3 Å². The van der Waals surface area contributed by atoms with Gasteiger partial charge in [0.1, 0.15) is 6.04 Å². The summed E-state index contributed by atoms with van der Waals surface area (Å²) < 4.78 is 16.2. The fraction of sp³-hybridized carbons (Fsp3) is 0.375. The van der Waals surface area contributed by atoms with E-state index in [0.29, 0.717) is 42.7 Å². The minimum Gasteiger partial charge on any atom is -0.493 e. The first-order valence-corrected chi connectivity index (χ1v) is 14.2. The molecule has 1 fully saturated rings. The van der Waals surface area contributed by atoms with Crippen molar-refractivity contribution in [3.05, 3.63) is 94.5 Å². The fourth-order valence-electron chi connectivity index (χ4n) is 4.89. The van der Waals surface area contributed by atoms with Crippen LogP contribution in [0.15, 0.2) is 72.8 Å². The predicted octanol–water partition coefficient (Wildman–Crippen LogP) is 3.99. The molecule has 1 N–H and O–H groups in total. The van der Waals surface area contributed by atoms with Crippen molar-refractivity contribution >= 4 is 23.4 Å². The van der Waals surface area contributed by atoms with Gasteiger partial charge in [-0.05, 0) is 41.0 Å². The van der Waals surface area contributed by atoms with E-state index in [-0.39, 0.29) is 24.8 Å². The van der Waals surface area contributed by atoms with E-state index in [1.54, 1.807) is 43.4 Å². The van der Waals surface area contributed by atoms with Gasteiger partial charge in [0.05, 0.1) is 33.9 Å². The lowest BCUT2D eigenvalue weighted by atomic mass is 10.0. The van der Waals surface area contributed by atoms with Crippen molar-refractivity contribution in [3.63, 3.8) is 0 Å². The molecule has 3 aromatic carbocycles. The van der Waals surface area contributed by atoms with E-state index in [2.05, 4.69) is 10.2 Å². The highest BCUT2D eigenvalue weighted by Crippen LogP contribution is 2.28. The van der Waals surface area contributed by atoms with Gasteiger partial charge in [-0.25, -0.2) is 0 Å². The number of hydrogen-bond acceptors (Lipinski definition) is 6. The van der Waals surface area contributed by atoms with Crippen LogP contribution in [0.25, 0.3) is 0 Å². The van der Waals surface area contributed by atoms with E-state index >= 15 is 0 Å². The van der Waals surface area contributed by atoms with Gasteiger partial charge in [0, 0.05) is 44.2 Å². The van der Waals surface area contributed by atoms with Gasteiger partial charge in [-0.3, -0.25) is 14.5 Å². The number of nitrogens with one attached hydrogen (secondary N) is 1. The molecule has 3 aromatic rings. The van der Waals surface area contributed by atoms with Crippen molar-refractivity contribution in [1.82, 2.24) is 15.1 Å². The summed E-state index contributed by atoms with van der Waals surface area (Å²) in [5.41, 5.74) is 2.62. The van der Waals surface area contributed by atoms with Crippen molar-refractivity contribution < 1.29 is 23.8 Å². The number of amides is 2. The number of morpholine rings is 1. The van der Waals surface area contributed by atoms with Crippen LogP contribution in [0, 0.1) is 0 Å². The molecule has 9 heteroatoms. The zero-order chi connectivity index (χ0) is 29.0. The lowest BCUT2D eigenvalue weighted by molar-refractivity contribution is -0.140. The Morgan fingerprint density at radius 3 is 2.29 bits per heavy atom.